The normalized spacial score (nSPS) is 10.9. The summed E-state index contributed by atoms with van der Waals surface area (Å²) in [6.07, 6.45) is 0. The SMILES string of the molecule is COC(=O)CN(C)Cn1nnc2ccccc2c1=O. The zero-order chi connectivity index (χ0) is 13.8. The highest BCUT2D eigenvalue weighted by molar-refractivity contribution is 5.76. The van der Waals surface area contributed by atoms with Crippen LogP contribution >= 0.6 is 0 Å². The van der Waals surface area contributed by atoms with Gasteiger partial charge in [-0.15, -0.1) is 5.10 Å². The number of rotatable bonds is 4. The lowest BCUT2D eigenvalue weighted by molar-refractivity contribution is -0.142. The van der Waals surface area contributed by atoms with Crippen LogP contribution in [-0.2, 0) is 16.2 Å². The maximum atomic E-state index is 12.1. The number of benzene rings is 1. The maximum absolute atomic E-state index is 12.1. The molecule has 0 spiro atoms. The molecule has 1 aromatic carbocycles. The molecule has 7 heteroatoms. The molecule has 0 aliphatic rings. The third kappa shape index (κ3) is 2.94. The van der Waals surface area contributed by atoms with E-state index in [1.54, 1.807) is 36.2 Å². The summed E-state index contributed by atoms with van der Waals surface area (Å²) < 4.78 is 5.77. The van der Waals surface area contributed by atoms with Gasteiger partial charge in [-0.2, -0.15) is 4.68 Å². The van der Waals surface area contributed by atoms with Crippen LogP contribution in [0.4, 0.5) is 0 Å². The zero-order valence-electron chi connectivity index (χ0n) is 10.7. The van der Waals surface area contributed by atoms with Crippen molar-refractivity contribution < 1.29 is 9.53 Å². The van der Waals surface area contributed by atoms with Crippen LogP contribution in [0, 0.1) is 0 Å². The van der Waals surface area contributed by atoms with E-state index in [2.05, 4.69) is 15.0 Å². The molecule has 0 radical (unpaired) electrons. The molecule has 0 amide bonds. The smallest absolute Gasteiger partial charge is 0.319 e. The largest absolute Gasteiger partial charge is 0.468 e. The van der Waals surface area contributed by atoms with E-state index >= 15 is 0 Å². The first-order chi connectivity index (χ1) is 9.11. The summed E-state index contributed by atoms with van der Waals surface area (Å²) in [4.78, 5) is 24.9. The highest BCUT2D eigenvalue weighted by Gasteiger charge is 2.10. The van der Waals surface area contributed by atoms with E-state index in [1.165, 1.54) is 11.8 Å². The molecule has 100 valence electrons. The van der Waals surface area contributed by atoms with Gasteiger partial charge in [0, 0.05) is 0 Å². The van der Waals surface area contributed by atoms with Crippen LogP contribution in [0.2, 0.25) is 0 Å². The van der Waals surface area contributed by atoms with E-state index in [0.717, 1.165) is 0 Å². The van der Waals surface area contributed by atoms with Crippen molar-refractivity contribution in [2.24, 2.45) is 0 Å². The number of esters is 1. The van der Waals surface area contributed by atoms with E-state index < -0.39 is 0 Å². The summed E-state index contributed by atoms with van der Waals surface area (Å²) >= 11 is 0. The Morgan fingerprint density at radius 2 is 2.16 bits per heavy atom. The molecule has 0 saturated heterocycles. The molecule has 1 aromatic heterocycles. The van der Waals surface area contributed by atoms with Gasteiger partial charge in [-0.25, -0.2) is 0 Å². The van der Waals surface area contributed by atoms with E-state index in [0.29, 0.717) is 10.9 Å². The third-order valence-electron chi connectivity index (χ3n) is 2.63. The van der Waals surface area contributed by atoms with Crippen molar-refractivity contribution in [3.8, 4) is 0 Å². The van der Waals surface area contributed by atoms with Crippen molar-refractivity contribution in [3.05, 3.63) is 34.6 Å². The van der Waals surface area contributed by atoms with Crippen molar-refractivity contribution in [1.29, 1.82) is 0 Å². The molecule has 0 aliphatic heterocycles. The maximum Gasteiger partial charge on any atom is 0.319 e. The Hall–Kier alpha value is -2.28. The molecule has 19 heavy (non-hydrogen) atoms. The van der Waals surface area contributed by atoms with E-state index in [-0.39, 0.29) is 24.7 Å². The summed E-state index contributed by atoms with van der Waals surface area (Å²) in [7, 11) is 3.01. The molecular formula is C12H14N4O3. The molecule has 0 fully saturated rings. The van der Waals surface area contributed by atoms with Gasteiger partial charge in [-0.1, -0.05) is 17.3 Å². The number of ether oxygens (including phenoxy) is 1. The number of hydrogen-bond acceptors (Lipinski definition) is 6. The van der Waals surface area contributed by atoms with Gasteiger partial charge in [0.2, 0.25) is 0 Å². The Bertz CT molecular complexity index is 653. The number of likely N-dealkylation sites (N-methyl/N-ethyl adjacent to an activating group) is 1. The molecule has 0 aliphatic carbocycles. The minimum Gasteiger partial charge on any atom is -0.468 e. The van der Waals surface area contributed by atoms with Crippen molar-refractivity contribution in [1.82, 2.24) is 19.9 Å². The van der Waals surface area contributed by atoms with Crippen LogP contribution in [0.3, 0.4) is 0 Å². The first-order valence-corrected chi connectivity index (χ1v) is 5.69. The monoisotopic (exact) mass is 262 g/mol. The summed E-state index contributed by atoms with van der Waals surface area (Å²) in [6, 6.07) is 6.99. The average Bonchev–Trinajstić information content (AvgIpc) is 2.42. The van der Waals surface area contributed by atoms with Crippen molar-refractivity contribution in [3.63, 3.8) is 0 Å². The van der Waals surface area contributed by atoms with Crippen LogP contribution in [0.5, 0.6) is 0 Å². The van der Waals surface area contributed by atoms with Crippen molar-refractivity contribution in [2.45, 2.75) is 6.67 Å². The fourth-order valence-electron chi connectivity index (χ4n) is 1.68. The molecular weight excluding hydrogens is 248 g/mol. The second-order valence-corrected chi connectivity index (χ2v) is 4.14. The van der Waals surface area contributed by atoms with Gasteiger partial charge in [0.05, 0.1) is 25.7 Å². The van der Waals surface area contributed by atoms with Crippen molar-refractivity contribution in [2.75, 3.05) is 20.7 Å². The van der Waals surface area contributed by atoms with E-state index in [9.17, 15) is 9.59 Å². The first kappa shape index (κ1) is 13.2. The highest BCUT2D eigenvalue weighted by atomic mass is 16.5. The van der Waals surface area contributed by atoms with Gasteiger partial charge < -0.3 is 4.74 Å². The first-order valence-electron chi connectivity index (χ1n) is 5.69. The number of hydrogen-bond donors (Lipinski definition) is 0. The summed E-state index contributed by atoms with van der Waals surface area (Å²) in [5.41, 5.74) is 0.321. The Morgan fingerprint density at radius 1 is 1.42 bits per heavy atom. The van der Waals surface area contributed by atoms with Crippen LogP contribution in [0.1, 0.15) is 0 Å². The number of aromatic nitrogens is 3. The number of carbonyl (C=O) groups is 1. The Kier molecular flexibility index (Phi) is 3.86. The number of carbonyl (C=O) groups excluding carboxylic acids is 1. The highest BCUT2D eigenvalue weighted by Crippen LogP contribution is 2.03. The Balaban J connectivity index is 2.24. The molecule has 1 heterocycles. The molecule has 0 unspecified atom stereocenters. The molecule has 2 aromatic rings. The Labute approximate surface area is 109 Å². The predicted octanol–water partition coefficient (Wildman–Crippen LogP) is -0.146. The van der Waals surface area contributed by atoms with Crippen molar-refractivity contribution >= 4 is 16.9 Å². The standard InChI is InChI=1S/C12H14N4O3/c1-15(7-11(17)19-2)8-16-12(18)9-5-3-4-6-10(9)13-14-16/h3-6H,7-8H2,1-2H3. The van der Waals surface area contributed by atoms with Gasteiger partial charge in [-0.05, 0) is 19.2 Å². The number of fused-ring (bicyclic) bond motifs is 1. The second kappa shape index (κ2) is 5.57. The fourth-order valence-corrected chi connectivity index (χ4v) is 1.68. The Morgan fingerprint density at radius 3 is 2.89 bits per heavy atom. The van der Waals surface area contributed by atoms with E-state index in [4.69, 9.17) is 0 Å². The van der Waals surface area contributed by atoms with E-state index in [1.807, 2.05) is 0 Å². The third-order valence-corrected chi connectivity index (χ3v) is 2.63. The predicted molar refractivity (Wildman–Crippen MR) is 68.4 cm³/mol. The van der Waals surface area contributed by atoms with Crippen LogP contribution in [0.25, 0.3) is 10.9 Å². The van der Waals surface area contributed by atoms with Gasteiger partial charge in [0.25, 0.3) is 5.56 Å². The molecule has 7 nitrogen and oxygen atoms in total. The lowest BCUT2D eigenvalue weighted by atomic mass is 10.2. The minimum absolute atomic E-state index is 0.0808. The van der Waals surface area contributed by atoms with Gasteiger partial charge in [0.1, 0.15) is 5.52 Å². The summed E-state index contributed by atoms with van der Waals surface area (Å²) in [6.45, 7) is 0.253. The average molecular weight is 262 g/mol. The second-order valence-electron chi connectivity index (χ2n) is 4.14. The van der Waals surface area contributed by atoms with Gasteiger partial charge in [-0.3, -0.25) is 14.5 Å². The molecule has 0 saturated carbocycles. The quantitative estimate of drug-likeness (QED) is 0.713. The van der Waals surface area contributed by atoms with Crippen LogP contribution in [0.15, 0.2) is 29.1 Å². The lowest BCUT2D eigenvalue weighted by Crippen LogP contribution is -2.35. The summed E-state index contributed by atoms with van der Waals surface area (Å²) in [5, 5.41) is 8.31. The zero-order valence-corrected chi connectivity index (χ0v) is 10.7. The van der Waals surface area contributed by atoms with Crippen LogP contribution < -0.4 is 5.56 Å². The van der Waals surface area contributed by atoms with Gasteiger partial charge in [0.15, 0.2) is 0 Å². The van der Waals surface area contributed by atoms with Gasteiger partial charge >= 0.3 is 5.97 Å². The van der Waals surface area contributed by atoms with Crippen LogP contribution in [-0.4, -0.2) is 46.6 Å². The lowest BCUT2D eigenvalue weighted by Gasteiger charge is -2.15. The minimum atomic E-state index is -0.371. The molecule has 0 N–H and O–H groups in total. The fraction of sp³-hybridized carbons (Fsp3) is 0.333. The molecule has 2 rings (SSSR count). The summed E-state index contributed by atoms with van der Waals surface area (Å²) in [5.74, 6) is -0.371. The number of nitrogens with zero attached hydrogens (tertiary/aromatic N) is 4. The molecule has 0 atom stereocenters. The number of methoxy groups -OCH3 is 1. The molecule has 0 bridgehead atoms. The topological polar surface area (TPSA) is 77.3 Å².